The first-order valence-electron chi connectivity index (χ1n) is 6.56. The van der Waals surface area contributed by atoms with Gasteiger partial charge in [0.1, 0.15) is 5.78 Å². The highest BCUT2D eigenvalue weighted by atomic mass is 16.1. The maximum atomic E-state index is 11.7. The smallest absolute Gasteiger partial charge is 0.146 e. The molecule has 0 saturated carbocycles. The molecule has 2 nitrogen and oxygen atoms in total. The van der Waals surface area contributed by atoms with Crippen LogP contribution in [0.2, 0.25) is 0 Å². The fraction of sp³-hybridized carbons (Fsp3) is 0.533. The summed E-state index contributed by atoms with van der Waals surface area (Å²) >= 11 is 0. The van der Waals surface area contributed by atoms with Gasteiger partial charge in [-0.05, 0) is 31.9 Å². The minimum absolute atomic E-state index is 0.137. The van der Waals surface area contributed by atoms with Gasteiger partial charge in [0.05, 0.1) is 6.04 Å². The lowest BCUT2D eigenvalue weighted by atomic mass is 10.1. The van der Waals surface area contributed by atoms with E-state index < -0.39 is 0 Å². The Labute approximate surface area is 104 Å². The number of rotatable bonds is 3. The molecule has 0 radical (unpaired) electrons. The molecule has 1 aliphatic rings. The molecule has 0 spiro atoms. The van der Waals surface area contributed by atoms with Crippen LogP contribution in [0.3, 0.4) is 0 Å². The summed E-state index contributed by atoms with van der Waals surface area (Å²) in [6, 6.07) is 10.6. The lowest BCUT2D eigenvalue weighted by Gasteiger charge is -2.27. The van der Waals surface area contributed by atoms with E-state index in [0.717, 1.165) is 19.5 Å². The average Bonchev–Trinajstić information content (AvgIpc) is 2.56. The SMILES string of the molecule is CC(=O)C1CCCCCN1Cc1ccccc1. The van der Waals surface area contributed by atoms with Crippen LogP contribution < -0.4 is 0 Å². The first kappa shape index (κ1) is 12.3. The van der Waals surface area contributed by atoms with Crippen LogP contribution in [-0.2, 0) is 11.3 Å². The standard InChI is InChI=1S/C15H21NO/c1-13(17)15-10-6-3-7-11-16(15)12-14-8-4-2-5-9-14/h2,4-5,8-9,15H,3,6-7,10-12H2,1H3. The van der Waals surface area contributed by atoms with Crippen molar-refractivity contribution in [1.29, 1.82) is 0 Å². The minimum Gasteiger partial charge on any atom is -0.298 e. The van der Waals surface area contributed by atoms with E-state index in [0.29, 0.717) is 5.78 Å². The normalized spacial score (nSPS) is 22.1. The Morgan fingerprint density at radius 1 is 1.24 bits per heavy atom. The van der Waals surface area contributed by atoms with Crippen molar-refractivity contribution >= 4 is 5.78 Å². The van der Waals surface area contributed by atoms with E-state index in [1.165, 1.54) is 24.8 Å². The Kier molecular flexibility index (Phi) is 4.32. The van der Waals surface area contributed by atoms with Crippen LogP contribution in [0.4, 0.5) is 0 Å². The zero-order valence-corrected chi connectivity index (χ0v) is 10.6. The van der Waals surface area contributed by atoms with Crippen LogP contribution in [0.1, 0.15) is 38.2 Å². The van der Waals surface area contributed by atoms with Crippen LogP contribution in [-0.4, -0.2) is 23.3 Å². The van der Waals surface area contributed by atoms with Crippen LogP contribution in [0.15, 0.2) is 30.3 Å². The second-order valence-corrected chi connectivity index (χ2v) is 4.93. The molecule has 1 unspecified atom stereocenters. The second kappa shape index (κ2) is 5.97. The van der Waals surface area contributed by atoms with Gasteiger partial charge >= 0.3 is 0 Å². The summed E-state index contributed by atoms with van der Waals surface area (Å²) in [6.45, 7) is 3.69. The van der Waals surface area contributed by atoms with Gasteiger partial charge < -0.3 is 0 Å². The van der Waals surface area contributed by atoms with Crippen LogP contribution >= 0.6 is 0 Å². The first-order valence-corrected chi connectivity index (χ1v) is 6.56. The van der Waals surface area contributed by atoms with E-state index >= 15 is 0 Å². The maximum absolute atomic E-state index is 11.7. The van der Waals surface area contributed by atoms with E-state index in [1.807, 2.05) is 6.07 Å². The highest BCUT2D eigenvalue weighted by molar-refractivity contribution is 5.81. The molecule has 1 fully saturated rings. The molecule has 2 rings (SSSR count). The Morgan fingerprint density at radius 3 is 2.71 bits per heavy atom. The van der Waals surface area contributed by atoms with Gasteiger partial charge in [0.2, 0.25) is 0 Å². The molecule has 0 aromatic heterocycles. The highest BCUT2D eigenvalue weighted by Gasteiger charge is 2.24. The Morgan fingerprint density at radius 2 is 2.00 bits per heavy atom. The van der Waals surface area contributed by atoms with Crippen molar-refractivity contribution in [1.82, 2.24) is 4.90 Å². The Hall–Kier alpha value is -1.15. The molecule has 0 bridgehead atoms. The number of ketones is 1. The molecular formula is C15H21NO. The number of carbonyl (C=O) groups is 1. The van der Waals surface area contributed by atoms with Gasteiger partial charge in [-0.25, -0.2) is 0 Å². The van der Waals surface area contributed by atoms with Gasteiger partial charge in [0.25, 0.3) is 0 Å². The van der Waals surface area contributed by atoms with Crippen LogP contribution in [0, 0.1) is 0 Å². The molecule has 0 amide bonds. The van der Waals surface area contributed by atoms with Crippen LogP contribution in [0.5, 0.6) is 0 Å². The molecule has 1 atom stereocenters. The van der Waals surface area contributed by atoms with Crippen molar-refractivity contribution < 1.29 is 4.79 Å². The first-order chi connectivity index (χ1) is 8.27. The van der Waals surface area contributed by atoms with Crippen molar-refractivity contribution in [2.75, 3.05) is 6.54 Å². The van der Waals surface area contributed by atoms with Gasteiger partial charge in [-0.1, -0.05) is 43.2 Å². The van der Waals surface area contributed by atoms with E-state index in [2.05, 4.69) is 29.2 Å². The summed E-state index contributed by atoms with van der Waals surface area (Å²) in [6.07, 6.45) is 4.70. The fourth-order valence-electron chi connectivity index (χ4n) is 2.64. The van der Waals surface area contributed by atoms with E-state index in [9.17, 15) is 4.79 Å². The van der Waals surface area contributed by atoms with E-state index in [-0.39, 0.29) is 6.04 Å². The number of nitrogens with zero attached hydrogens (tertiary/aromatic N) is 1. The summed E-state index contributed by atoms with van der Waals surface area (Å²) < 4.78 is 0. The van der Waals surface area contributed by atoms with E-state index in [1.54, 1.807) is 6.92 Å². The predicted molar refractivity (Wildman–Crippen MR) is 69.8 cm³/mol. The molecule has 1 aromatic carbocycles. The Bertz CT molecular complexity index is 360. The zero-order valence-electron chi connectivity index (χ0n) is 10.6. The number of hydrogen-bond donors (Lipinski definition) is 0. The van der Waals surface area contributed by atoms with Gasteiger partial charge in [-0.2, -0.15) is 0 Å². The van der Waals surface area contributed by atoms with Gasteiger partial charge in [-0.3, -0.25) is 9.69 Å². The largest absolute Gasteiger partial charge is 0.298 e. The summed E-state index contributed by atoms with van der Waals surface area (Å²) in [5, 5.41) is 0. The average molecular weight is 231 g/mol. The topological polar surface area (TPSA) is 20.3 Å². The molecular weight excluding hydrogens is 210 g/mol. The minimum atomic E-state index is 0.137. The molecule has 1 heterocycles. The number of Topliss-reactive ketones (excluding diaryl/α,β-unsaturated/α-hetero) is 1. The summed E-state index contributed by atoms with van der Waals surface area (Å²) in [7, 11) is 0. The third-order valence-electron chi connectivity index (χ3n) is 3.56. The number of likely N-dealkylation sites (tertiary alicyclic amines) is 1. The summed E-state index contributed by atoms with van der Waals surface area (Å²) in [5.74, 6) is 0.322. The number of benzene rings is 1. The van der Waals surface area contributed by atoms with Crippen molar-refractivity contribution in [3.05, 3.63) is 35.9 Å². The lowest BCUT2D eigenvalue weighted by Crippen LogP contribution is -2.39. The molecule has 0 aliphatic carbocycles. The Balaban J connectivity index is 2.07. The van der Waals surface area contributed by atoms with Crippen molar-refractivity contribution in [2.24, 2.45) is 0 Å². The molecule has 1 aliphatic heterocycles. The molecule has 1 aromatic rings. The van der Waals surface area contributed by atoms with Crippen molar-refractivity contribution in [3.63, 3.8) is 0 Å². The summed E-state index contributed by atoms with van der Waals surface area (Å²) in [5.41, 5.74) is 1.31. The van der Waals surface area contributed by atoms with Crippen LogP contribution in [0.25, 0.3) is 0 Å². The quantitative estimate of drug-likeness (QED) is 0.797. The van der Waals surface area contributed by atoms with Crippen molar-refractivity contribution in [3.8, 4) is 0 Å². The maximum Gasteiger partial charge on any atom is 0.146 e. The van der Waals surface area contributed by atoms with Gasteiger partial charge in [0.15, 0.2) is 0 Å². The monoisotopic (exact) mass is 231 g/mol. The number of hydrogen-bond acceptors (Lipinski definition) is 2. The van der Waals surface area contributed by atoms with Gasteiger partial charge in [0, 0.05) is 6.54 Å². The van der Waals surface area contributed by atoms with E-state index in [4.69, 9.17) is 0 Å². The number of carbonyl (C=O) groups excluding carboxylic acids is 1. The lowest BCUT2D eigenvalue weighted by molar-refractivity contribution is -0.122. The third kappa shape index (κ3) is 3.40. The molecule has 1 saturated heterocycles. The second-order valence-electron chi connectivity index (χ2n) is 4.93. The predicted octanol–water partition coefficient (Wildman–Crippen LogP) is 3.02. The molecule has 92 valence electrons. The molecule has 17 heavy (non-hydrogen) atoms. The summed E-state index contributed by atoms with van der Waals surface area (Å²) in [4.78, 5) is 14.1. The molecule has 2 heteroatoms. The third-order valence-corrected chi connectivity index (χ3v) is 3.56. The van der Waals surface area contributed by atoms with Gasteiger partial charge in [-0.15, -0.1) is 0 Å². The molecule has 0 N–H and O–H groups in total. The fourth-order valence-corrected chi connectivity index (χ4v) is 2.64. The highest BCUT2D eigenvalue weighted by Crippen LogP contribution is 2.19. The zero-order chi connectivity index (χ0) is 12.1. The van der Waals surface area contributed by atoms with Crippen molar-refractivity contribution in [2.45, 2.75) is 45.2 Å².